The Kier molecular flexibility index (Phi) is 3.93. The third kappa shape index (κ3) is 2.82. The monoisotopic (exact) mass is 241 g/mol. The molecule has 84 valence electrons. The average molecular weight is 242 g/mol. The highest BCUT2D eigenvalue weighted by atomic mass is 35.5. The van der Waals surface area contributed by atoms with Crippen molar-refractivity contribution < 1.29 is 17.6 Å². The lowest BCUT2D eigenvalue weighted by atomic mass is 10.1. The van der Waals surface area contributed by atoms with Crippen molar-refractivity contribution in [3.63, 3.8) is 0 Å². The van der Waals surface area contributed by atoms with Gasteiger partial charge in [-0.1, -0.05) is 11.6 Å². The van der Waals surface area contributed by atoms with Crippen molar-refractivity contribution in [1.29, 1.82) is 0 Å². The van der Waals surface area contributed by atoms with Gasteiger partial charge in [-0.05, 0) is 18.6 Å². The summed E-state index contributed by atoms with van der Waals surface area (Å²) in [6, 6.07) is 0.0999. The van der Waals surface area contributed by atoms with Crippen LogP contribution in [0.2, 0.25) is 5.02 Å². The first-order valence-corrected chi connectivity index (χ1v) is 4.47. The average Bonchev–Trinajstić information content (AvgIpc) is 2.18. The smallest absolute Gasteiger partial charge is 0.253 e. The fourth-order valence-corrected chi connectivity index (χ4v) is 1.31. The van der Waals surface area contributed by atoms with Crippen LogP contribution >= 0.6 is 11.6 Å². The van der Waals surface area contributed by atoms with Crippen LogP contribution in [0.3, 0.4) is 0 Å². The highest BCUT2D eigenvalue weighted by Crippen LogP contribution is 2.24. The molecule has 1 unspecified atom stereocenters. The maximum Gasteiger partial charge on any atom is 0.253 e. The molecule has 1 aromatic rings. The van der Waals surface area contributed by atoms with Gasteiger partial charge in [-0.25, -0.2) is 17.6 Å². The molecule has 0 amide bonds. The number of halogens is 5. The van der Waals surface area contributed by atoms with Crippen molar-refractivity contribution in [3.05, 3.63) is 34.4 Å². The molecule has 1 rings (SSSR count). The highest BCUT2D eigenvalue weighted by molar-refractivity contribution is 6.31. The van der Waals surface area contributed by atoms with Gasteiger partial charge in [0, 0.05) is 5.56 Å². The summed E-state index contributed by atoms with van der Waals surface area (Å²) in [4.78, 5) is 0. The van der Waals surface area contributed by atoms with Gasteiger partial charge in [0.2, 0.25) is 0 Å². The molecule has 0 aliphatic carbocycles. The Balaban J connectivity index is 2.98. The molecule has 0 heterocycles. The maximum atomic E-state index is 13.1. The van der Waals surface area contributed by atoms with Crippen LogP contribution in [0.1, 0.15) is 5.56 Å². The minimum atomic E-state index is -2.80. The quantitative estimate of drug-likeness (QED) is 0.639. The predicted molar refractivity (Wildman–Crippen MR) is 49.1 cm³/mol. The first-order chi connectivity index (χ1) is 6.93. The lowest BCUT2D eigenvalue weighted by Gasteiger charge is -2.12. The Bertz CT molecular complexity index is 356. The van der Waals surface area contributed by atoms with Gasteiger partial charge >= 0.3 is 0 Å². The van der Waals surface area contributed by atoms with E-state index in [1.165, 1.54) is 0 Å². The molecule has 15 heavy (non-hydrogen) atoms. The third-order valence-electron chi connectivity index (χ3n) is 1.90. The molecule has 1 nitrogen and oxygen atoms in total. The Morgan fingerprint density at radius 2 is 1.73 bits per heavy atom. The van der Waals surface area contributed by atoms with Gasteiger partial charge in [0.1, 0.15) is 11.6 Å². The Hall–Kier alpha value is -0.810. The molecule has 0 aliphatic heterocycles. The summed E-state index contributed by atoms with van der Waals surface area (Å²) in [6.45, 7) is 0. The zero-order valence-electron chi connectivity index (χ0n) is 7.48. The van der Waals surface area contributed by atoms with Crippen LogP contribution in [0.15, 0.2) is 12.1 Å². The summed E-state index contributed by atoms with van der Waals surface area (Å²) in [7, 11) is 0. The Morgan fingerprint density at radius 3 is 2.27 bits per heavy atom. The van der Waals surface area contributed by atoms with Crippen LogP contribution in [-0.4, -0.2) is 12.5 Å². The van der Waals surface area contributed by atoms with E-state index in [0.717, 1.165) is 12.1 Å². The first-order valence-electron chi connectivity index (χ1n) is 4.09. The van der Waals surface area contributed by atoms with Crippen LogP contribution in [0.5, 0.6) is 0 Å². The number of benzene rings is 1. The topological polar surface area (TPSA) is 26.0 Å². The summed E-state index contributed by atoms with van der Waals surface area (Å²) >= 11 is 5.43. The number of alkyl halides is 2. The van der Waals surface area contributed by atoms with Gasteiger partial charge in [0.25, 0.3) is 6.43 Å². The summed E-state index contributed by atoms with van der Waals surface area (Å²) < 4.78 is 50.2. The summed E-state index contributed by atoms with van der Waals surface area (Å²) in [5, 5.41) is -0.494. The molecule has 6 heteroatoms. The zero-order valence-corrected chi connectivity index (χ0v) is 8.24. The van der Waals surface area contributed by atoms with E-state index in [1.54, 1.807) is 0 Å². The SMILES string of the molecule is NC(Cc1c(F)ccc(F)c1Cl)C(F)F. The molecule has 1 aromatic carbocycles. The van der Waals surface area contributed by atoms with Crippen molar-refractivity contribution in [2.75, 3.05) is 0 Å². The predicted octanol–water partition coefficient (Wildman–Crippen LogP) is 2.75. The van der Waals surface area contributed by atoms with Gasteiger partial charge in [0.15, 0.2) is 0 Å². The molecule has 0 aliphatic rings. The minimum absolute atomic E-state index is 0.315. The standard InChI is InChI=1S/C9H8ClF4N/c10-8-4(3-7(15)9(13)14)5(11)1-2-6(8)12/h1-2,7,9H,3,15H2. The molecule has 0 fully saturated rings. The molecular formula is C9H8ClF4N. The van der Waals surface area contributed by atoms with Gasteiger partial charge in [0.05, 0.1) is 11.1 Å². The molecule has 0 spiro atoms. The van der Waals surface area contributed by atoms with E-state index >= 15 is 0 Å². The van der Waals surface area contributed by atoms with Gasteiger partial charge < -0.3 is 5.73 Å². The van der Waals surface area contributed by atoms with Crippen LogP contribution < -0.4 is 5.73 Å². The number of hydrogen-bond donors (Lipinski definition) is 1. The number of hydrogen-bond acceptors (Lipinski definition) is 1. The van der Waals surface area contributed by atoms with E-state index in [4.69, 9.17) is 17.3 Å². The van der Waals surface area contributed by atoms with E-state index in [1.807, 2.05) is 0 Å². The lowest BCUT2D eigenvalue weighted by Crippen LogP contribution is -2.31. The van der Waals surface area contributed by atoms with E-state index in [2.05, 4.69) is 0 Å². The maximum absolute atomic E-state index is 13.1. The Morgan fingerprint density at radius 1 is 1.20 bits per heavy atom. The second-order valence-electron chi connectivity index (χ2n) is 3.02. The molecule has 0 aromatic heterocycles. The second-order valence-corrected chi connectivity index (χ2v) is 3.40. The van der Waals surface area contributed by atoms with Crippen LogP contribution in [0.4, 0.5) is 17.6 Å². The molecule has 1 atom stereocenters. The third-order valence-corrected chi connectivity index (χ3v) is 2.31. The fraction of sp³-hybridized carbons (Fsp3) is 0.333. The van der Waals surface area contributed by atoms with Gasteiger partial charge in [-0.15, -0.1) is 0 Å². The number of nitrogens with two attached hydrogens (primary N) is 1. The minimum Gasteiger partial charge on any atom is -0.323 e. The van der Waals surface area contributed by atoms with E-state index < -0.39 is 35.5 Å². The van der Waals surface area contributed by atoms with Crippen LogP contribution in [0, 0.1) is 11.6 Å². The van der Waals surface area contributed by atoms with E-state index in [9.17, 15) is 17.6 Å². The van der Waals surface area contributed by atoms with Crippen molar-refractivity contribution in [1.82, 2.24) is 0 Å². The zero-order chi connectivity index (χ0) is 11.6. The Labute approximate surface area is 88.8 Å². The van der Waals surface area contributed by atoms with Crippen molar-refractivity contribution >= 4 is 11.6 Å². The van der Waals surface area contributed by atoms with Crippen molar-refractivity contribution in [2.45, 2.75) is 18.9 Å². The molecular weight excluding hydrogens is 234 g/mol. The molecule has 0 bridgehead atoms. The summed E-state index contributed by atoms with van der Waals surface area (Å²) in [5.74, 6) is -1.69. The van der Waals surface area contributed by atoms with Crippen molar-refractivity contribution in [2.24, 2.45) is 5.73 Å². The van der Waals surface area contributed by atoms with E-state index in [-0.39, 0.29) is 5.56 Å². The van der Waals surface area contributed by atoms with Crippen LogP contribution in [-0.2, 0) is 6.42 Å². The first kappa shape index (κ1) is 12.3. The largest absolute Gasteiger partial charge is 0.323 e. The summed E-state index contributed by atoms with van der Waals surface area (Å²) in [5.41, 5.74) is 4.72. The fourth-order valence-electron chi connectivity index (χ4n) is 1.08. The van der Waals surface area contributed by atoms with Crippen molar-refractivity contribution in [3.8, 4) is 0 Å². The van der Waals surface area contributed by atoms with Crippen LogP contribution in [0.25, 0.3) is 0 Å². The molecule has 0 saturated heterocycles. The van der Waals surface area contributed by atoms with E-state index in [0.29, 0.717) is 0 Å². The molecule has 0 saturated carbocycles. The summed E-state index contributed by atoms with van der Waals surface area (Å²) in [6.07, 6.45) is -3.30. The molecule has 0 radical (unpaired) electrons. The van der Waals surface area contributed by atoms with Gasteiger partial charge in [-0.2, -0.15) is 0 Å². The van der Waals surface area contributed by atoms with Gasteiger partial charge in [-0.3, -0.25) is 0 Å². The highest BCUT2D eigenvalue weighted by Gasteiger charge is 2.20. The second kappa shape index (κ2) is 4.81. The molecule has 2 N–H and O–H groups in total. The normalized spacial score (nSPS) is 13.3. The number of rotatable bonds is 3. The lowest BCUT2D eigenvalue weighted by molar-refractivity contribution is 0.115.